The summed E-state index contributed by atoms with van der Waals surface area (Å²) in [4.78, 5) is 23.8. The lowest BCUT2D eigenvalue weighted by Crippen LogP contribution is -2.51. The molecular weight excluding hydrogens is 252 g/mol. The molecule has 0 bridgehead atoms. The van der Waals surface area contributed by atoms with Gasteiger partial charge in [-0.3, -0.25) is 9.59 Å². The van der Waals surface area contributed by atoms with Crippen molar-refractivity contribution < 1.29 is 9.59 Å². The van der Waals surface area contributed by atoms with Crippen molar-refractivity contribution in [2.24, 2.45) is 46.5 Å². The van der Waals surface area contributed by atoms with E-state index in [9.17, 15) is 9.59 Å². The molecule has 2 amide bonds. The van der Waals surface area contributed by atoms with Crippen LogP contribution in [0.2, 0.25) is 0 Å². The lowest BCUT2D eigenvalue weighted by atomic mass is 9.59. The van der Waals surface area contributed by atoms with Gasteiger partial charge < -0.3 is 11.5 Å². The summed E-state index contributed by atoms with van der Waals surface area (Å²) in [6.45, 7) is 10.1. The number of primary amides is 2. The molecule has 1 aliphatic rings. The molecule has 1 saturated carbocycles. The number of carbonyl (C=O) groups is 2. The number of hydrogen-bond acceptors (Lipinski definition) is 2. The van der Waals surface area contributed by atoms with Crippen molar-refractivity contribution in [3.8, 4) is 0 Å². The quantitative estimate of drug-likeness (QED) is 0.810. The van der Waals surface area contributed by atoms with Gasteiger partial charge in [-0.05, 0) is 36.5 Å². The molecule has 1 fully saturated rings. The minimum absolute atomic E-state index is 0.152. The number of amides is 2. The van der Waals surface area contributed by atoms with E-state index in [4.69, 9.17) is 11.5 Å². The van der Waals surface area contributed by atoms with Crippen LogP contribution in [0.5, 0.6) is 0 Å². The fraction of sp³-hybridized carbons (Fsp3) is 0.875. The molecular formula is C16H30N2O2. The van der Waals surface area contributed by atoms with Gasteiger partial charge in [0.1, 0.15) is 0 Å². The zero-order valence-electron chi connectivity index (χ0n) is 13.5. The molecule has 4 atom stereocenters. The Balaban J connectivity index is 3.16. The highest BCUT2D eigenvalue weighted by Gasteiger charge is 2.48. The third kappa shape index (κ3) is 3.33. The predicted octanol–water partition coefficient (Wildman–Crippen LogP) is 2.31. The van der Waals surface area contributed by atoms with Crippen LogP contribution in [0.25, 0.3) is 0 Å². The number of nitrogens with two attached hydrogens (primary N) is 2. The van der Waals surface area contributed by atoms with E-state index in [1.165, 1.54) is 6.42 Å². The van der Waals surface area contributed by atoms with Crippen molar-refractivity contribution in [1.29, 1.82) is 0 Å². The Morgan fingerprint density at radius 1 is 1.10 bits per heavy atom. The number of carbonyl (C=O) groups excluding carboxylic acids is 2. The number of rotatable bonds is 5. The summed E-state index contributed by atoms with van der Waals surface area (Å²) in [7, 11) is 0. The van der Waals surface area contributed by atoms with E-state index in [1.807, 2.05) is 0 Å². The summed E-state index contributed by atoms with van der Waals surface area (Å²) in [5, 5.41) is 0. The Kier molecular flexibility index (Phi) is 5.22. The first-order chi connectivity index (χ1) is 9.09. The van der Waals surface area contributed by atoms with Crippen LogP contribution in [-0.4, -0.2) is 11.8 Å². The fourth-order valence-electron chi connectivity index (χ4n) is 3.91. The van der Waals surface area contributed by atoms with Crippen LogP contribution in [0.15, 0.2) is 0 Å². The Labute approximate surface area is 122 Å². The molecule has 4 nitrogen and oxygen atoms in total. The third-order valence-corrected chi connectivity index (χ3v) is 5.22. The van der Waals surface area contributed by atoms with Gasteiger partial charge >= 0.3 is 0 Å². The number of hydrogen-bond donors (Lipinski definition) is 2. The Bertz CT molecular complexity index is 377. The Morgan fingerprint density at radius 3 is 2.05 bits per heavy atom. The molecule has 0 aromatic carbocycles. The van der Waals surface area contributed by atoms with Crippen LogP contribution < -0.4 is 11.5 Å². The summed E-state index contributed by atoms with van der Waals surface area (Å²) in [6, 6.07) is 0. The predicted molar refractivity (Wildman–Crippen MR) is 80.5 cm³/mol. The molecule has 0 aromatic heterocycles. The topological polar surface area (TPSA) is 86.2 Å². The zero-order valence-corrected chi connectivity index (χ0v) is 13.5. The minimum Gasteiger partial charge on any atom is -0.369 e. The van der Waals surface area contributed by atoms with Crippen LogP contribution in [0.1, 0.15) is 53.9 Å². The van der Waals surface area contributed by atoms with Crippen LogP contribution in [0.4, 0.5) is 0 Å². The lowest BCUT2D eigenvalue weighted by molar-refractivity contribution is -0.142. The average molecular weight is 282 g/mol. The first-order valence-electron chi connectivity index (χ1n) is 7.68. The van der Waals surface area contributed by atoms with Gasteiger partial charge in [0.25, 0.3) is 0 Å². The van der Waals surface area contributed by atoms with Crippen molar-refractivity contribution in [2.75, 3.05) is 0 Å². The lowest BCUT2D eigenvalue weighted by Gasteiger charge is -2.45. The molecule has 4 heteroatoms. The molecule has 0 saturated heterocycles. The van der Waals surface area contributed by atoms with Crippen LogP contribution in [0.3, 0.4) is 0 Å². The van der Waals surface area contributed by atoms with Gasteiger partial charge in [-0.1, -0.05) is 41.0 Å². The van der Waals surface area contributed by atoms with Crippen molar-refractivity contribution in [2.45, 2.75) is 53.9 Å². The van der Waals surface area contributed by atoms with Crippen molar-refractivity contribution in [1.82, 2.24) is 0 Å². The van der Waals surface area contributed by atoms with Gasteiger partial charge in [0.15, 0.2) is 0 Å². The summed E-state index contributed by atoms with van der Waals surface area (Å²) in [5.41, 5.74) is 10.3. The SMILES string of the molecule is CC1CCC(C(C)C)C(C(C(N)=O)C(C)(C)C(N)=O)C1. The molecule has 4 unspecified atom stereocenters. The third-order valence-electron chi connectivity index (χ3n) is 5.22. The van der Waals surface area contributed by atoms with Crippen LogP contribution in [-0.2, 0) is 9.59 Å². The maximum Gasteiger partial charge on any atom is 0.223 e. The minimum atomic E-state index is -0.888. The van der Waals surface area contributed by atoms with Crippen LogP contribution >= 0.6 is 0 Å². The summed E-state index contributed by atoms with van der Waals surface area (Å²) < 4.78 is 0. The van der Waals surface area contributed by atoms with Gasteiger partial charge in [0, 0.05) is 0 Å². The summed E-state index contributed by atoms with van der Waals surface area (Å²) in [5.74, 6) is 0.329. The van der Waals surface area contributed by atoms with E-state index in [0.717, 1.165) is 12.8 Å². The van der Waals surface area contributed by atoms with Gasteiger partial charge in [-0.15, -0.1) is 0 Å². The van der Waals surface area contributed by atoms with Gasteiger partial charge in [-0.25, -0.2) is 0 Å². The second-order valence-electron chi connectivity index (χ2n) is 7.46. The largest absolute Gasteiger partial charge is 0.369 e. The van der Waals surface area contributed by atoms with E-state index in [-0.39, 0.29) is 5.92 Å². The first-order valence-corrected chi connectivity index (χ1v) is 7.68. The Hall–Kier alpha value is -1.06. The molecule has 0 radical (unpaired) electrons. The van der Waals surface area contributed by atoms with Gasteiger partial charge in [0.2, 0.25) is 11.8 Å². The molecule has 0 heterocycles. The standard InChI is InChI=1S/C16H30N2O2/c1-9(2)11-7-6-10(3)8-12(11)13(14(17)19)16(4,5)15(18)20/h9-13H,6-8H2,1-5H3,(H2,17,19)(H2,18,20). The van der Waals surface area contributed by atoms with E-state index >= 15 is 0 Å². The molecule has 4 N–H and O–H groups in total. The van der Waals surface area contributed by atoms with E-state index < -0.39 is 23.1 Å². The Morgan fingerprint density at radius 2 is 1.65 bits per heavy atom. The molecule has 0 spiro atoms. The normalized spacial score (nSPS) is 29.2. The molecule has 0 aliphatic heterocycles. The summed E-state index contributed by atoms with van der Waals surface area (Å²) in [6.07, 6.45) is 3.23. The van der Waals surface area contributed by atoms with Crippen molar-refractivity contribution in [3.05, 3.63) is 0 Å². The second kappa shape index (κ2) is 6.15. The molecule has 0 aromatic rings. The van der Waals surface area contributed by atoms with Gasteiger partial charge in [0.05, 0.1) is 11.3 Å². The van der Waals surface area contributed by atoms with Gasteiger partial charge in [-0.2, -0.15) is 0 Å². The molecule has 20 heavy (non-hydrogen) atoms. The van der Waals surface area contributed by atoms with E-state index in [1.54, 1.807) is 13.8 Å². The molecule has 1 rings (SSSR count). The second-order valence-corrected chi connectivity index (χ2v) is 7.46. The monoisotopic (exact) mass is 282 g/mol. The highest BCUT2D eigenvalue weighted by Crippen LogP contribution is 2.47. The van der Waals surface area contributed by atoms with Crippen molar-refractivity contribution >= 4 is 11.8 Å². The highest BCUT2D eigenvalue weighted by molar-refractivity contribution is 5.88. The average Bonchev–Trinajstić information content (AvgIpc) is 2.27. The summed E-state index contributed by atoms with van der Waals surface area (Å²) >= 11 is 0. The van der Waals surface area contributed by atoms with E-state index in [0.29, 0.717) is 17.8 Å². The molecule has 1 aliphatic carbocycles. The smallest absolute Gasteiger partial charge is 0.223 e. The van der Waals surface area contributed by atoms with Crippen molar-refractivity contribution in [3.63, 3.8) is 0 Å². The molecule has 116 valence electrons. The highest BCUT2D eigenvalue weighted by atomic mass is 16.2. The first kappa shape index (κ1) is 17.0. The fourth-order valence-corrected chi connectivity index (χ4v) is 3.91. The van der Waals surface area contributed by atoms with E-state index in [2.05, 4.69) is 20.8 Å². The van der Waals surface area contributed by atoms with Crippen LogP contribution in [0, 0.1) is 35.0 Å². The maximum atomic E-state index is 12.0. The maximum absolute atomic E-state index is 12.0. The zero-order chi connectivity index (χ0) is 15.7.